The van der Waals surface area contributed by atoms with E-state index in [1.54, 1.807) is 12.1 Å². The van der Waals surface area contributed by atoms with Gasteiger partial charge in [-0.05, 0) is 41.2 Å². The Morgan fingerprint density at radius 3 is 2.16 bits per heavy atom. The topological polar surface area (TPSA) is 72.2 Å². The van der Waals surface area contributed by atoms with Crippen molar-refractivity contribution in [2.24, 2.45) is 5.73 Å². The quantitative estimate of drug-likeness (QED) is 0.879. The molecule has 0 saturated carbocycles. The van der Waals surface area contributed by atoms with Crippen molar-refractivity contribution < 1.29 is 9.59 Å². The third kappa shape index (κ3) is 4.92. The minimum Gasteiger partial charge on any atom is -0.368 e. The van der Waals surface area contributed by atoms with Crippen LogP contribution in [0.1, 0.15) is 47.8 Å². The summed E-state index contributed by atoms with van der Waals surface area (Å²) in [5, 5.41) is 2.75. The van der Waals surface area contributed by atoms with E-state index in [2.05, 4.69) is 26.1 Å². The summed E-state index contributed by atoms with van der Waals surface area (Å²) in [5.41, 5.74) is 9.24. The number of nitrogens with one attached hydrogen (secondary N) is 1. The monoisotopic (exact) mass is 338 g/mol. The van der Waals surface area contributed by atoms with Crippen LogP contribution in [0.2, 0.25) is 0 Å². The normalized spacial score (nSPS) is 12.5. The van der Waals surface area contributed by atoms with Gasteiger partial charge in [-0.1, -0.05) is 57.2 Å². The van der Waals surface area contributed by atoms with Gasteiger partial charge < -0.3 is 11.1 Å². The molecular weight excluding hydrogens is 312 g/mol. The molecule has 0 aliphatic carbocycles. The zero-order valence-corrected chi connectivity index (χ0v) is 15.3. The molecular formula is C21H26N2O2. The lowest BCUT2D eigenvalue weighted by Gasteiger charge is -2.20. The van der Waals surface area contributed by atoms with E-state index in [1.807, 2.05) is 43.3 Å². The highest BCUT2D eigenvalue weighted by Crippen LogP contribution is 2.22. The molecule has 0 radical (unpaired) electrons. The third-order valence-electron chi connectivity index (χ3n) is 4.35. The van der Waals surface area contributed by atoms with Crippen molar-refractivity contribution in [3.63, 3.8) is 0 Å². The Morgan fingerprint density at radius 1 is 1.04 bits per heavy atom. The van der Waals surface area contributed by atoms with Crippen LogP contribution in [0.15, 0.2) is 48.5 Å². The van der Waals surface area contributed by atoms with Gasteiger partial charge in [0.05, 0.1) is 0 Å². The number of carbonyl (C=O) groups is 2. The van der Waals surface area contributed by atoms with Crippen molar-refractivity contribution in [3.05, 3.63) is 70.8 Å². The Balaban J connectivity index is 2.13. The molecule has 4 nitrogen and oxygen atoms in total. The third-order valence-corrected chi connectivity index (χ3v) is 4.35. The maximum atomic E-state index is 12.5. The summed E-state index contributed by atoms with van der Waals surface area (Å²) in [4.78, 5) is 24.3. The molecule has 132 valence electrons. The van der Waals surface area contributed by atoms with E-state index >= 15 is 0 Å². The van der Waals surface area contributed by atoms with E-state index in [1.165, 1.54) is 0 Å². The lowest BCUT2D eigenvalue weighted by molar-refractivity contribution is -0.119. The van der Waals surface area contributed by atoms with Crippen LogP contribution in [0.4, 0.5) is 0 Å². The molecule has 2 aromatic carbocycles. The minimum absolute atomic E-state index is 0.0234. The second kappa shape index (κ2) is 7.51. The van der Waals surface area contributed by atoms with Gasteiger partial charge in [-0.25, -0.2) is 0 Å². The molecule has 1 atom stereocenters. The number of aryl methyl sites for hydroxylation is 1. The molecule has 0 aromatic heterocycles. The molecule has 2 aromatic rings. The first kappa shape index (κ1) is 18.7. The van der Waals surface area contributed by atoms with E-state index in [0.717, 1.165) is 16.7 Å². The number of rotatable bonds is 5. The lowest BCUT2D eigenvalue weighted by atomic mass is 9.86. The maximum Gasteiger partial charge on any atom is 0.251 e. The lowest BCUT2D eigenvalue weighted by Crippen LogP contribution is -2.46. The van der Waals surface area contributed by atoms with Gasteiger partial charge >= 0.3 is 0 Å². The molecule has 0 fully saturated rings. The number of carbonyl (C=O) groups excluding carboxylic acids is 2. The van der Waals surface area contributed by atoms with Gasteiger partial charge in [0.25, 0.3) is 5.91 Å². The van der Waals surface area contributed by atoms with Gasteiger partial charge in [0.1, 0.15) is 6.04 Å². The number of amides is 2. The number of nitrogens with two attached hydrogens (primary N) is 1. The number of hydrogen-bond acceptors (Lipinski definition) is 2. The van der Waals surface area contributed by atoms with Crippen LogP contribution in [0.5, 0.6) is 0 Å². The average molecular weight is 338 g/mol. The van der Waals surface area contributed by atoms with Gasteiger partial charge in [0.2, 0.25) is 5.91 Å². The maximum absolute atomic E-state index is 12.5. The fourth-order valence-electron chi connectivity index (χ4n) is 2.64. The van der Waals surface area contributed by atoms with Crippen molar-refractivity contribution in [2.75, 3.05) is 0 Å². The Bertz CT molecular complexity index is 758. The minimum atomic E-state index is -0.740. The number of benzene rings is 2. The molecule has 0 saturated heterocycles. The van der Waals surface area contributed by atoms with Crippen LogP contribution in [-0.4, -0.2) is 17.9 Å². The number of primary amides is 1. The van der Waals surface area contributed by atoms with E-state index in [4.69, 9.17) is 5.73 Å². The fourth-order valence-corrected chi connectivity index (χ4v) is 2.64. The summed E-state index contributed by atoms with van der Waals surface area (Å²) in [6.07, 6.45) is 0.383. The highest BCUT2D eigenvalue weighted by molar-refractivity contribution is 5.97. The van der Waals surface area contributed by atoms with Crippen LogP contribution in [0, 0.1) is 6.92 Å². The summed E-state index contributed by atoms with van der Waals surface area (Å²) < 4.78 is 0. The Hall–Kier alpha value is -2.62. The van der Waals surface area contributed by atoms with Gasteiger partial charge in [0.15, 0.2) is 0 Å². The zero-order valence-electron chi connectivity index (χ0n) is 15.3. The van der Waals surface area contributed by atoms with E-state index in [-0.39, 0.29) is 11.3 Å². The Kier molecular flexibility index (Phi) is 5.62. The van der Waals surface area contributed by atoms with Gasteiger partial charge in [-0.15, -0.1) is 0 Å². The second-order valence-corrected chi connectivity index (χ2v) is 7.39. The number of hydrogen-bond donors (Lipinski definition) is 2. The predicted molar refractivity (Wildman–Crippen MR) is 100 cm³/mol. The Labute approximate surface area is 149 Å². The molecule has 0 bridgehead atoms. The zero-order chi connectivity index (χ0) is 18.6. The molecule has 3 N–H and O–H groups in total. The molecule has 0 aliphatic heterocycles. The summed E-state index contributed by atoms with van der Waals surface area (Å²) >= 11 is 0. The van der Waals surface area contributed by atoms with Gasteiger partial charge in [-0.2, -0.15) is 0 Å². The van der Waals surface area contributed by atoms with Crippen molar-refractivity contribution in [1.29, 1.82) is 0 Å². The van der Waals surface area contributed by atoms with Crippen LogP contribution in [0.3, 0.4) is 0 Å². The van der Waals surface area contributed by atoms with Gasteiger partial charge in [0, 0.05) is 12.0 Å². The molecule has 0 aliphatic rings. The predicted octanol–water partition coefficient (Wildman–Crippen LogP) is 3.12. The van der Waals surface area contributed by atoms with E-state index in [0.29, 0.717) is 12.0 Å². The first-order chi connectivity index (χ1) is 11.7. The molecule has 0 spiro atoms. The summed E-state index contributed by atoms with van der Waals surface area (Å²) in [7, 11) is 0. The highest BCUT2D eigenvalue weighted by Gasteiger charge is 2.21. The van der Waals surface area contributed by atoms with E-state index < -0.39 is 11.9 Å². The molecule has 2 amide bonds. The van der Waals surface area contributed by atoms with Crippen LogP contribution in [0.25, 0.3) is 0 Å². The van der Waals surface area contributed by atoms with Gasteiger partial charge in [-0.3, -0.25) is 9.59 Å². The van der Waals surface area contributed by atoms with Crippen LogP contribution in [-0.2, 0) is 16.6 Å². The smallest absolute Gasteiger partial charge is 0.251 e. The summed E-state index contributed by atoms with van der Waals surface area (Å²) in [6.45, 7) is 8.33. The molecule has 4 heteroatoms. The van der Waals surface area contributed by atoms with Crippen molar-refractivity contribution in [1.82, 2.24) is 5.32 Å². The fraction of sp³-hybridized carbons (Fsp3) is 0.333. The average Bonchev–Trinajstić information content (AvgIpc) is 2.55. The second-order valence-electron chi connectivity index (χ2n) is 7.39. The molecule has 2 rings (SSSR count). The van der Waals surface area contributed by atoms with Crippen LogP contribution < -0.4 is 11.1 Å². The van der Waals surface area contributed by atoms with Crippen molar-refractivity contribution >= 4 is 11.8 Å². The van der Waals surface area contributed by atoms with Crippen molar-refractivity contribution in [2.45, 2.75) is 45.6 Å². The first-order valence-corrected chi connectivity index (χ1v) is 8.43. The highest BCUT2D eigenvalue weighted by atomic mass is 16.2. The standard InChI is InChI=1S/C21H26N2O2/c1-14-7-5-6-8-16(14)13-18(19(22)24)23-20(25)15-9-11-17(12-10-15)21(2,3)4/h5-12,18H,13H2,1-4H3,(H2,22,24)(H,23,25)/t18-/m1/s1. The summed E-state index contributed by atoms with van der Waals surface area (Å²) in [5.74, 6) is -0.833. The molecule has 0 unspecified atom stereocenters. The molecule has 0 heterocycles. The summed E-state index contributed by atoms with van der Waals surface area (Å²) in [6, 6.07) is 14.5. The largest absolute Gasteiger partial charge is 0.368 e. The van der Waals surface area contributed by atoms with Crippen LogP contribution >= 0.6 is 0 Å². The SMILES string of the molecule is Cc1ccccc1C[C@@H](NC(=O)c1ccc(C(C)(C)C)cc1)C(N)=O. The first-order valence-electron chi connectivity index (χ1n) is 8.43. The van der Waals surface area contributed by atoms with E-state index in [9.17, 15) is 9.59 Å². The molecule has 25 heavy (non-hydrogen) atoms. The van der Waals surface area contributed by atoms with Crippen molar-refractivity contribution in [3.8, 4) is 0 Å². The Morgan fingerprint density at radius 2 is 1.64 bits per heavy atom.